The van der Waals surface area contributed by atoms with E-state index in [2.05, 4.69) is 0 Å². The molecule has 0 aliphatic heterocycles. The van der Waals surface area contributed by atoms with E-state index >= 15 is 0 Å². The van der Waals surface area contributed by atoms with Gasteiger partial charge in [0.1, 0.15) is 0 Å². The average molecular weight is 299 g/mol. The third kappa shape index (κ3) is 6.36. The first-order chi connectivity index (χ1) is 8.47. The topological polar surface area (TPSA) is 52.6 Å². The molecule has 0 radical (unpaired) electrons. The van der Waals surface area contributed by atoms with Crippen LogP contribution in [0, 0.1) is 5.41 Å². The van der Waals surface area contributed by atoms with E-state index in [0.717, 1.165) is 25.7 Å². The van der Waals surface area contributed by atoms with Gasteiger partial charge < -0.3 is 9.47 Å². The van der Waals surface area contributed by atoms with Gasteiger partial charge in [-0.15, -0.1) is 0 Å². The Morgan fingerprint density at radius 1 is 1.11 bits per heavy atom. The number of hydrogen-bond acceptors (Lipinski definition) is 4. The summed E-state index contributed by atoms with van der Waals surface area (Å²) in [5.74, 6) is 0.0240. The van der Waals surface area contributed by atoms with Gasteiger partial charge in [0.15, 0.2) is 0 Å². The molecule has 108 valence electrons. The highest BCUT2D eigenvalue weighted by molar-refractivity contribution is 8.13. The predicted molar refractivity (Wildman–Crippen MR) is 72.5 cm³/mol. The fraction of sp³-hybridized carbons (Fsp3) is 1.00. The molecular formula is C12H23ClO4S. The van der Waals surface area contributed by atoms with Gasteiger partial charge in [0.25, 0.3) is 0 Å². The molecule has 0 amide bonds. The number of hydrogen-bond donors (Lipinski definition) is 0. The maximum atomic E-state index is 11.3. The minimum Gasteiger partial charge on any atom is -0.379 e. The average Bonchev–Trinajstić information content (AvgIpc) is 2.27. The molecule has 1 fully saturated rings. The molecular weight excluding hydrogens is 276 g/mol. The van der Waals surface area contributed by atoms with Crippen molar-refractivity contribution in [3.05, 3.63) is 0 Å². The van der Waals surface area contributed by atoms with Crippen molar-refractivity contribution in [2.45, 2.75) is 39.0 Å². The summed E-state index contributed by atoms with van der Waals surface area (Å²) >= 11 is 0. The van der Waals surface area contributed by atoms with Crippen LogP contribution in [0.2, 0.25) is 0 Å². The highest BCUT2D eigenvalue weighted by Crippen LogP contribution is 2.38. The van der Waals surface area contributed by atoms with Crippen molar-refractivity contribution in [3.8, 4) is 0 Å². The standard InChI is InChI=1S/C12H23ClO4S/c1-2-16-8-9-17-10-12(11-18(13,14)15)6-4-3-5-7-12/h2-11H2,1H3. The fourth-order valence-electron chi connectivity index (χ4n) is 2.55. The Labute approximate surface area is 114 Å². The number of rotatable bonds is 8. The first kappa shape index (κ1) is 16.2. The van der Waals surface area contributed by atoms with Crippen LogP contribution in [-0.4, -0.2) is 40.6 Å². The van der Waals surface area contributed by atoms with Crippen LogP contribution >= 0.6 is 10.7 Å². The van der Waals surface area contributed by atoms with Gasteiger partial charge in [-0.25, -0.2) is 8.42 Å². The molecule has 1 aliphatic rings. The summed E-state index contributed by atoms with van der Waals surface area (Å²) in [7, 11) is 1.94. The molecule has 0 N–H and O–H groups in total. The Hall–Kier alpha value is 0.160. The van der Waals surface area contributed by atoms with Crippen LogP contribution in [0.15, 0.2) is 0 Å². The predicted octanol–water partition coefficient (Wildman–Crippen LogP) is 2.56. The molecule has 1 saturated carbocycles. The van der Waals surface area contributed by atoms with Crippen LogP contribution < -0.4 is 0 Å². The maximum Gasteiger partial charge on any atom is 0.233 e. The molecule has 1 rings (SSSR count). The summed E-state index contributed by atoms with van der Waals surface area (Å²) < 4.78 is 33.4. The van der Waals surface area contributed by atoms with Crippen LogP contribution in [0.25, 0.3) is 0 Å². The Morgan fingerprint density at radius 2 is 1.72 bits per heavy atom. The molecule has 0 saturated heterocycles. The molecule has 0 spiro atoms. The van der Waals surface area contributed by atoms with Crippen LogP contribution in [0.3, 0.4) is 0 Å². The third-order valence-corrected chi connectivity index (χ3v) is 4.66. The second-order valence-corrected chi connectivity index (χ2v) is 7.77. The van der Waals surface area contributed by atoms with E-state index in [9.17, 15) is 8.42 Å². The molecule has 0 atom stereocenters. The normalized spacial score (nSPS) is 19.9. The molecule has 0 unspecified atom stereocenters. The summed E-state index contributed by atoms with van der Waals surface area (Å²) in [5, 5.41) is 0. The van der Waals surface area contributed by atoms with Gasteiger partial charge >= 0.3 is 0 Å². The van der Waals surface area contributed by atoms with Crippen molar-refractivity contribution in [1.29, 1.82) is 0 Å². The van der Waals surface area contributed by atoms with E-state index in [-0.39, 0.29) is 11.2 Å². The minimum atomic E-state index is -3.47. The summed E-state index contributed by atoms with van der Waals surface area (Å²) in [4.78, 5) is 0. The Morgan fingerprint density at radius 3 is 2.28 bits per heavy atom. The van der Waals surface area contributed by atoms with Crippen molar-refractivity contribution < 1.29 is 17.9 Å². The maximum absolute atomic E-state index is 11.3. The molecule has 0 heterocycles. The van der Waals surface area contributed by atoms with Crippen molar-refractivity contribution in [3.63, 3.8) is 0 Å². The first-order valence-electron chi connectivity index (χ1n) is 6.55. The van der Waals surface area contributed by atoms with Crippen LogP contribution in [0.5, 0.6) is 0 Å². The van der Waals surface area contributed by atoms with Gasteiger partial charge in [0, 0.05) is 22.7 Å². The summed E-state index contributed by atoms with van der Waals surface area (Å²) in [5.41, 5.74) is -0.287. The van der Waals surface area contributed by atoms with Crippen molar-refractivity contribution in [2.24, 2.45) is 5.41 Å². The Bertz CT molecular complexity index is 323. The van der Waals surface area contributed by atoms with E-state index in [1.165, 1.54) is 6.42 Å². The van der Waals surface area contributed by atoms with E-state index in [0.29, 0.717) is 26.4 Å². The second kappa shape index (κ2) is 7.68. The highest BCUT2D eigenvalue weighted by atomic mass is 35.7. The van der Waals surface area contributed by atoms with Gasteiger partial charge in [0.05, 0.1) is 25.6 Å². The van der Waals surface area contributed by atoms with E-state index < -0.39 is 9.05 Å². The monoisotopic (exact) mass is 298 g/mol. The lowest BCUT2D eigenvalue weighted by Gasteiger charge is -2.35. The first-order valence-corrected chi connectivity index (χ1v) is 9.03. The zero-order chi connectivity index (χ0) is 13.5. The lowest BCUT2D eigenvalue weighted by molar-refractivity contribution is 0.00132. The van der Waals surface area contributed by atoms with Crippen molar-refractivity contribution in [2.75, 3.05) is 32.2 Å². The lowest BCUT2D eigenvalue weighted by atomic mass is 9.76. The van der Waals surface area contributed by atoms with E-state index in [1.807, 2.05) is 6.92 Å². The van der Waals surface area contributed by atoms with Gasteiger partial charge in [-0.1, -0.05) is 19.3 Å². The summed E-state index contributed by atoms with van der Waals surface area (Å²) in [6, 6.07) is 0. The number of ether oxygens (including phenoxy) is 2. The smallest absolute Gasteiger partial charge is 0.233 e. The fourth-order valence-corrected chi connectivity index (χ4v) is 4.35. The highest BCUT2D eigenvalue weighted by Gasteiger charge is 2.36. The Balaban J connectivity index is 2.45. The molecule has 0 aromatic heterocycles. The second-order valence-electron chi connectivity index (χ2n) is 4.99. The number of halogens is 1. The molecule has 6 heteroatoms. The molecule has 0 aromatic carbocycles. The van der Waals surface area contributed by atoms with Crippen LogP contribution in [0.4, 0.5) is 0 Å². The quantitative estimate of drug-likeness (QED) is 0.510. The summed E-state index contributed by atoms with van der Waals surface area (Å²) in [6.45, 7) is 4.14. The molecule has 18 heavy (non-hydrogen) atoms. The van der Waals surface area contributed by atoms with Crippen LogP contribution in [0.1, 0.15) is 39.0 Å². The van der Waals surface area contributed by atoms with Crippen LogP contribution in [-0.2, 0) is 18.5 Å². The molecule has 4 nitrogen and oxygen atoms in total. The zero-order valence-corrected chi connectivity index (χ0v) is 12.6. The van der Waals surface area contributed by atoms with Gasteiger partial charge in [-0.3, -0.25) is 0 Å². The molecule has 0 aromatic rings. The SMILES string of the molecule is CCOCCOCC1(CS(=O)(=O)Cl)CCCCC1. The molecule has 0 bridgehead atoms. The van der Waals surface area contributed by atoms with E-state index in [4.69, 9.17) is 20.2 Å². The zero-order valence-electron chi connectivity index (χ0n) is 11.0. The lowest BCUT2D eigenvalue weighted by Crippen LogP contribution is -2.36. The van der Waals surface area contributed by atoms with Gasteiger partial charge in [-0.2, -0.15) is 0 Å². The van der Waals surface area contributed by atoms with Gasteiger partial charge in [-0.05, 0) is 19.8 Å². The summed E-state index contributed by atoms with van der Waals surface area (Å²) in [6.07, 6.45) is 5.05. The van der Waals surface area contributed by atoms with E-state index in [1.54, 1.807) is 0 Å². The molecule has 1 aliphatic carbocycles. The largest absolute Gasteiger partial charge is 0.379 e. The van der Waals surface area contributed by atoms with Crippen molar-refractivity contribution in [1.82, 2.24) is 0 Å². The minimum absolute atomic E-state index is 0.0240. The van der Waals surface area contributed by atoms with Gasteiger partial charge in [0.2, 0.25) is 9.05 Å². The van der Waals surface area contributed by atoms with Crippen molar-refractivity contribution >= 4 is 19.7 Å². The Kier molecular flexibility index (Phi) is 6.92. The third-order valence-electron chi connectivity index (χ3n) is 3.38.